The van der Waals surface area contributed by atoms with E-state index in [2.05, 4.69) is 15.6 Å². The Kier molecular flexibility index (Phi) is 10.6. The van der Waals surface area contributed by atoms with Crippen LogP contribution in [0.25, 0.3) is 0 Å². The molecule has 28 heavy (non-hydrogen) atoms. The van der Waals surface area contributed by atoms with E-state index in [1.54, 1.807) is 7.11 Å². The van der Waals surface area contributed by atoms with Crippen molar-refractivity contribution in [1.29, 1.82) is 0 Å². The lowest BCUT2D eigenvalue weighted by Crippen LogP contribution is -2.37. The summed E-state index contributed by atoms with van der Waals surface area (Å²) in [6, 6.07) is 8.99. The lowest BCUT2D eigenvalue weighted by Gasteiger charge is -2.13. The summed E-state index contributed by atoms with van der Waals surface area (Å²) < 4.78 is 37.9. The first kappa shape index (κ1) is 23.9. The van der Waals surface area contributed by atoms with Gasteiger partial charge in [0.2, 0.25) is 0 Å². The molecule has 0 saturated carbocycles. The molecule has 0 unspecified atom stereocenters. The Labute approximate surface area is 181 Å². The number of rotatable bonds is 8. The Hall–Kier alpha value is -2.10. The SMILES string of the molecule is CCNC(=NCc1ccc(OC)c(OCC)c1)NCc1cc(F)ccc1F.I. The zero-order valence-corrected chi connectivity index (χ0v) is 18.6. The first-order valence-corrected chi connectivity index (χ1v) is 8.83. The molecule has 0 heterocycles. The van der Waals surface area contributed by atoms with Crippen LogP contribution in [0.15, 0.2) is 41.4 Å². The third-order valence-corrected chi connectivity index (χ3v) is 3.75. The van der Waals surface area contributed by atoms with E-state index < -0.39 is 11.6 Å². The molecule has 0 saturated heterocycles. The molecular formula is C20H26F2IN3O2. The van der Waals surface area contributed by atoms with E-state index in [9.17, 15) is 8.78 Å². The standard InChI is InChI=1S/C20H25F2N3O2.HI/c1-4-23-20(25-13-15-11-16(21)7-8-17(15)22)24-12-14-6-9-18(26-3)19(10-14)27-5-2;/h6-11H,4-5,12-13H2,1-3H3,(H2,23,24,25);1H. The van der Waals surface area contributed by atoms with Crippen LogP contribution in [0.3, 0.4) is 0 Å². The third-order valence-electron chi connectivity index (χ3n) is 3.75. The van der Waals surface area contributed by atoms with Crippen LogP contribution in [0.5, 0.6) is 11.5 Å². The molecule has 0 aliphatic rings. The average Bonchev–Trinajstić information content (AvgIpc) is 2.67. The number of guanidine groups is 1. The van der Waals surface area contributed by atoms with Crippen LogP contribution in [0.2, 0.25) is 0 Å². The van der Waals surface area contributed by atoms with Crippen LogP contribution >= 0.6 is 24.0 Å². The minimum atomic E-state index is -0.475. The number of methoxy groups -OCH3 is 1. The number of hydrogen-bond acceptors (Lipinski definition) is 3. The zero-order chi connectivity index (χ0) is 19.6. The fraction of sp³-hybridized carbons (Fsp3) is 0.350. The molecule has 0 aliphatic heterocycles. The minimum absolute atomic E-state index is 0. The number of nitrogens with one attached hydrogen (secondary N) is 2. The van der Waals surface area contributed by atoms with Gasteiger partial charge >= 0.3 is 0 Å². The summed E-state index contributed by atoms with van der Waals surface area (Å²) in [5.74, 6) is 0.895. The first-order valence-electron chi connectivity index (χ1n) is 8.83. The van der Waals surface area contributed by atoms with E-state index >= 15 is 0 Å². The highest BCUT2D eigenvalue weighted by molar-refractivity contribution is 14.0. The molecule has 0 aliphatic carbocycles. The van der Waals surface area contributed by atoms with Crippen molar-refractivity contribution in [3.05, 3.63) is 59.2 Å². The maximum absolute atomic E-state index is 13.8. The lowest BCUT2D eigenvalue weighted by atomic mass is 10.2. The van der Waals surface area contributed by atoms with Gasteiger partial charge in [-0.3, -0.25) is 0 Å². The van der Waals surface area contributed by atoms with Crippen LogP contribution in [-0.2, 0) is 13.1 Å². The third kappa shape index (κ3) is 7.14. The predicted octanol–water partition coefficient (Wildman–Crippen LogP) is 4.25. The molecular weight excluding hydrogens is 479 g/mol. The number of aliphatic imine (C=N–C) groups is 1. The van der Waals surface area contributed by atoms with Gasteiger partial charge in [-0.05, 0) is 49.7 Å². The highest BCUT2D eigenvalue weighted by Gasteiger charge is 2.07. The smallest absolute Gasteiger partial charge is 0.191 e. The summed E-state index contributed by atoms with van der Waals surface area (Å²) in [6.45, 7) is 5.54. The largest absolute Gasteiger partial charge is 0.493 e. The summed E-state index contributed by atoms with van der Waals surface area (Å²) >= 11 is 0. The van der Waals surface area contributed by atoms with Gasteiger partial charge in [0, 0.05) is 18.7 Å². The van der Waals surface area contributed by atoms with Crippen LogP contribution in [0, 0.1) is 11.6 Å². The van der Waals surface area contributed by atoms with Crippen molar-refractivity contribution in [3.63, 3.8) is 0 Å². The van der Waals surface area contributed by atoms with Gasteiger partial charge in [-0.2, -0.15) is 0 Å². The van der Waals surface area contributed by atoms with Crippen LogP contribution in [-0.4, -0.2) is 26.2 Å². The first-order chi connectivity index (χ1) is 13.1. The molecule has 0 aromatic heterocycles. The number of nitrogens with zero attached hydrogens (tertiary/aromatic N) is 1. The monoisotopic (exact) mass is 505 g/mol. The normalized spacial score (nSPS) is 10.8. The fourth-order valence-electron chi connectivity index (χ4n) is 2.46. The molecule has 0 radical (unpaired) electrons. The van der Waals surface area contributed by atoms with E-state index in [4.69, 9.17) is 9.47 Å². The summed E-state index contributed by atoms with van der Waals surface area (Å²) in [4.78, 5) is 4.49. The number of benzene rings is 2. The second-order valence-corrected chi connectivity index (χ2v) is 5.70. The molecule has 154 valence electrons. The maximum Gasteiger partial charge on any atom is 0.191 e. The number of ether oxygens (including phenoxy) is 2. The molecule has 2 rings (SSSR count). The minimum Gasteiger partial charge on any atom is -0.493 e. The lowest BCUT2D eigenvalue weighted by molar-refractivity contribution is 0.310. The van der Waals surface area contributed by atoms with Gasteiger partial charge < -0.3 is 20.1 Å². The van der Waals surface area contributed by atoms with Crippen molar-refractivity contribution in [2.45, 2.75) is 26.9 Å². The second-order valence-electron chi connectivity index (χ2n) is 5.70. The van der Waals surface area contributed by atoms with Gasteiger partial charge in [0.1, 0.15) is 11.6 Å². The van der Waals surface area contributed by atoms with Gasteiger partial charge in [0.15, 0.2) is 17.5 Å². The topological polar surface area (TPSA) is 54.9 Å². The molecule has 8 heteroatoms. The van der Waals surface area contributed by atoms with Gasteiger partial charge in [-0.1, -0.05) is 6.07 Å². The van der Waals surface area contributed by atoms with Crippen molar-refractivity contribution >= 4 is 29.9 Å². The Morgan fingerprint density at radius 1 is 1.04 bits per heavy atom. The summed E-state index contributed by atoms with van der Waals surface area (Å²) in [6.07, 6.45) is 0. The van der Waals surface area contributed by atoms with Gasteiger partial charge in [0.25, 0.3) is 0 Å². The second kappa shape index (κ2) is 12.4. The summed E-state index contributed by atoms with van der Waals surface area (Å²) in [5.41, 5.74) is 1.18. The predicted molar refractivity (Wildman–Crippen MR) is 118 cm³/mol. The Morgan fingerprint density at radius 3 is 2.50 bits per heavy atom. The van der Waals surface area contributed by atoms with Crippen molar-refractivity contribution in [2.24, 2.45) is 4.99 Å². The molecule has 2 aromatic carbocycles. The number of halogens is 3. The molecule has 0 atom stereocenters. The molecule has 2 aromatic rings. The summed E-state index contributed by atoms with van der Waals surface area (Å²) in [7, 11) is 1.59. The molecule has 0 fully saturated rings. The Morgan fingerprint density at radius 2 is 1.82 bits per heavy atom. The van der Waals surface area contributed by atoms with Crippen molar-refractivity contribution in [1.82, 2.24) is 10.6 Å². The Bertz CT molecular complexity index is 788. The van der Waals surface area contributed by atoms with E-state index in [0.29, 0.717) is 37.2 Å². The average molecular weight is 505 g/mol. The van der Waals surface area contributed by atoms with E-state index in [1.807, 2.05) is 32.0 Å². The molecule has 5 nitrogen and oxygen atoms in total. The van der Waals surface area contributed by atoms with Crippen molar-refractivity contribution in [3.8, 4) is 11.5 Å². The molecule has 2 N–H and O–H groups in total. The maximum atomic E-state index is 13.8. The Balaban J connectivity index is 0.00000392. The van der Waals surface area contributed by atoms with Crippen molar-refractivity contribution < 1.29 is 18.3 Å². The highest BCUT2D eigenvalue weighted by atomic mass is 127. The van der Waals surface area contributed by atoms with Crippen molar-refractivity contribution in [2.75, 3.05) is 20.3 Å². The zero-order valence-electron chi connectivity index (χ0n) is 16.2. The van der Waals surface area contributed by atoms with Gasteiger partial charge in [-0.25, -0.2) is 13.8 Å². The fourth-order valence-corrected chi connectivity index (χ4v) is 2.46. The van der Waals surface area contributed by atoms with Gasteiger partial charge in [0.05, 0.1) is 20.3 Å². The highest BCUT2D eigenvalue weighted by Crippen LogP contribution is 2.28. The van der Waals surface area contributed by atoms with Crippen LogP contribution in [0.4, 0.5) is 8.78 Å². The van der Waals surface area contributed by atoms with E-state index in [0.717, 1.165) is 17.7 Å². The quantitative estimate of drug-likeness (QED) is 0.320. The number of hydrogen-bond donors (Lipinski definition) is 2. The van der Waals surface area contributed by atoms with Crippen LogP contribution in [0.1, 0.15) is 25.0 Å². The molecule has 0 spiro atoms. The van der Waals surface area contributed by atoms with Gasteiger partial charge in [-0.15, -0.1) is 24.0 Å². The molecule has 0 bridgehead atoms. The summed E-state index contributed by atoms with van der Waals surface area (Å²) in [5, 5.41) is 6.10. The van der Waals surface area contributed by atoms with E-state index in [-0.39, 0.29) is 36.1 Å². The van der Waals surface area contributed by atoms with E-state index in [1.165, 1.54) is 6.07 Å². The molecule has 0 amide bonds. The van der Waals surface area contributed by atoms with Crippen LogP contribution < -0.4 is 20.1 Å².